The Morgan fingerprint density at radius 3 is 2.75 bits per heavy atom. The van der Waals surface area contributed by atoms with Crippen molar-refractivity contribution in [1.29, 1.82) is 0 Å². The lowest BCUT2D eigenvalue weighted by atomic mass is 9.56. The molecule has 3 rings (SSSR count). The van der Waals surface area contributed by atoms with Crippen molar-refractivity contribution in [3.05, 3.63) is 12.2 Å². The first-order valence-corrected chi connectivity index (χ1v) is 9.35. The summed E-state index contributed by atoms with van der Waals surface area (Å²) in [5.74, 6) is 5.00. The third-order valence-electron chi connectivity index (χ3n) is 5.83. The zero-order chi connectivity index (χ0) is 13.9. The zero-order valence-corrected chi connectivity index (χ0v) is 13.0. The highest BCUT2D eigenvalue weighted by molar-refractivity contribution is 7.99. The molecule has 5 atom stereocenters. The lowest BCUT2D eigenvalue weighted by Crippen LogP contribution is -2.43. The molecule has 0 amide bonds. The van der Waals surface area contributed by atoms with Crippen LogP contribution in [0.5, 0.6) is 0 Å². The van der Waals surface area contributed by atoms with Crippen LogP contribution in [0.25, 0.3) is 0 Å². The Hall–Kier alpha value is -0.440. The topological polar surface area (TPSA) is 37.3 Å². The molecular weight excluding hydrogens is 268 g/mol. The summed E-state index contributed by atoms with van der Waals surface area (Å²) in [6, 6.07) is 0. The molecule has 3 heteroatoms. The SMILES string of the molecule is O=C(O)CSCC1C2CC=CCC2CC2CCCCC21. The second-order valence-corrected chi connectivity index (χ2v) is 7.91. The summed E-state index contributed by atoms with van der Waals surface area (Å²) in [5, 5.41) is 8.88. The van der Waals surface area contributed by atoms with Gasteiger partial charge in [0.25, 0.3) is 0 Å². The van der Waals surface area contributed by atoms with Crippen LogP contribution in [0.1, 0.15) is 44.9 Å². The fourth-order valence-electron chi connectivity index (χ4n) is 5.02. The summed E-state index contributed by atoms with van der Waals surface area (Å²) in [6.07, 6.45) is 14.4. The number of thioether (sulfide) groups is 1. The maximum absolute atomic E-state index is 10.8. The van der Waals surface area contributed by atoms with Crippen LogP contribution in [-0.4, -0.2) is 22.6 Å². The number of carboxylic acids is 1. The van der Waals surface area contributed by atoms with Crippen molar-refractivity contribution in [1.82, 2.24) is 0 Å². The average Bonchev–Trinajstić information content (AvgIpc) is 2.46. The molecule has 5 unspecified atom stereocenters. The minimum atomic E-state index is -0.661. The quantitative estimate of drug-likeness (QED) is 0.789. The van der Waals surface area contributed by atoms with Gasteiger partial charge in [0.2, 0.25) is 0 Å². The predicted molar refractivity (Wildman–Crippen MR) is 83.9 cm³/mol. The first kappa shape index (κ1) is 14.5. The minimum absolute atomic E-state index is 0.279. The lowest BCUT2D eigenvalue weighted by Gasteiger charge is -2.50. The molecule has 1 N–H and O–H groups in total. The van der Waals surface area contributed by atoms with E-state index in [1.54, 1.807) is 11.8 Å². The van der Waals surface area contributed by atoms with Gasteiger partial charge in [-0.15, -0.1) is 11.8 Å². The molecule has 0 heterocycles. The molecule has 0 aliphatic heterocycles. The summed E-state index contributed by atoms with van der Waals surface area (Å²) in [6.45, 7) is 0. The van der Waals surface area contributed by atoms with E-state index in [1.807, 2.05) is 0 Å². The standard InChI is InChI=1S/C17H26O2S/c18-17(19)11-20-10-16-14-7-3-1-5-12(14)9-13-6-2-4-8-15(13)16/h1,3,12-16H,2,4-11H2,(H,18,19). The van der Waals surface area contributed by atoms with Gasteiger partial charge < -0.3 is 5.11 Å². The van der Waals surface area contributed by atoms with Crippen LogP contribution in [0.2, 0.25) is 0 Å². The second-order valence-electron chi connectivity index (χ2n) is 6.88. The van der Waals surface area contributed by atoms with Crippen LogP contribution in [0.4, 0.5) is 0 Å². The van der Waals surface area contributed by atoms with E-state index < -0.39 is 5.97 Å². The van der Waals surface area contributed by atoms with E-state index >= 15 is 0 Å². The molecular formula is C17H26O2S. The van der Waals surface area contributed by atoms with E-state index in [4.69, 9.17) is 5.11 Å². The molecule has 20 heavy (non-hydrogen) atoms. The Bertz CT molecular complexity index is 379. The van der Waals surface area contributed by atoms with Gasteiger partial charge in [-0.25, -0.2) is 0 Å². The van der Waals surface area contributed by atoms with Crippen LogP contribution in [0.15, 0.2) is 12.2 Å². The molecule has 0 bridgehead atoms. The number of carbonyl (C=O) groups is 1. The maximum Gasteiger partial charge on any atom is 0.313 e. The highest BCUT2D eigenvalue weighted by Gasteiger charge is 2.44. The summed E-state index contributed by atoms with van der Waals surface area (Å²) in [5.41, 5.74) is 0. The van der Waals surface area contributed by atoms with Gasteiger partial charge in [0.15, 0.2) is 0 Å². The predicted octanol–water partition coefficient (Wildman–Crippen LogP) is 4.21. The Kier molecular flexibility index (Phi) is 4.75. The Balaban J connectivity index is 1.70. The third kappa shape index (κ3) is 3.08. The largest absolute Gasteiger partial charge is 0.481 e. The molecule has 0 aromatic carbocycles. The van der Waals surface area contributed by atoms with Gasteiger partial charge in [0.1, 0.15) is 0 Å². The van der Waals surface area contributed by atoms with Gasteiger partial charge in [-0.05, 0) is 61.0 Å². The highest BCUT2D eigenvalue weighted by atomic mass is 32.2. The number of hydrogen-bond acceptors (Lipinski definition) is 2. The first-order chi connectivity index (χ1) is 9.75. The van der Waals surface area contributed by atoms with E-state index in [0.29, 0.717) is 0 Å². The van der Waals surface area contributed by atoms with Crippen LogP contribution in [-0.2, 0) is 4.79 Å². The van der Waals surface area contributed by atoms with E-state index in [2.05, 4.69) is 12.2 Å². The Morgan fingerprint density at radius 1 is 1.10 bits per heavy atom. The number of hydrogen-bond donors (Lipinski definition) is 1. The van der Waals surface area contributed by atoms with Gasteiger partial charge in [-0.3, -0.25) is 4.79 Å². The summed E-state index contributed by atoms with van der Waals surface area (Å²) in [7, 11) is 0. The molecule has 112 valence electrons. The third-order valence-corrected chi connectivity index (χ3v) is 6.90. The molecule has 0 aromatic rings. The molecule has 2 nitrogen and oxygen atoms in total. The van der Waals surface area contributed by atoms with Crippen molar-refractivity contribution in [2.45, 2.75) is 44.9 Å². The lowest BCUT2D eigenvalue weighted by molar-refractivity contribution is -0.133. The maximum atomic E-state index is 10.8. The van der Waals surface area contributed by atoms with E-state index in [9.17, 15) is 4.79 Å². The van der Waals surface area contributed by atoms with Crippen LogP contribution < -0.4 is 0 Å². The molecule has 3 aliphatic carbocycles. The smallest absolute Gasteiger partial charge is 0.313 e. The van der Waals surface area contributed by atoms with Crippen molar-refractivity contribution >= 4 is 17.7 Å². The molecule has 2 fully saturated rings. The van der Waals surface area contributed by atoms with Crippen molar-refractivity contribution in [2.24, 2.45) is 29.6 Å². The van der Waals surface area contributed by atoms with Crippen LogP contribution >= 0.6 is 11.8 Å². The van der Waals surface area contributed by atoms with Crippen LogP contribution in [0, 0.1) is 29.6 Å². The number of aliphatic carboxylic acids is 1. The van der Waals surface area contributed by atoms with Crippen molar-refractivity contribution in [3.63, 3.8) is 0 Å². The minimum Gasteiger partial charge on any atom is -0.481 e. The molecule has 3 aliphatic rings. The van der Waals surface area contributed by atoms with Gasteiger partial charge >= 0.3 is 5.97 Å². The van der Waals surface area contributed by atoms with E-state index in [1.165, 1.54) is 44.9 Å². The summed E-state index contributed by atoms with van der Waals surface area (Å²) in [4.78, 5) is 10.8. The van der Waals surface area contributed by atoms with Gasteiger partial charge in [0.05, 0.1) is 5.75 Å². The molecule has 0 radical (unpaired) electrons. The van der Waals surface area contributed by atoms with Crippen molar-refractivity contribution in [2.75, 3.05) is 11.5 Å². The van der Waals surface area contributed by atoms with Gasteiger partial charge in [0, 0.05) is 0 Å². The van der Waals surface area contributed by atoms with Crippen molar-refractivity contribution < 1.29 is 9.90 Å². The fraction of sp³-hybridized carbons (Fsp3) is 0.824. The second kappa shape index (κ2) is 6.55. The first-order valence-electron chi connectivity index (χ1n) is 8.20. The molecule has 0 spiro atoms. The Labute approximate surface area is 126 Å². The highest BCUT2D eigenvalue weighted by Crippen LogP contribution is 2.52. The van der Waals surface area contributed by atoms with E-state index in [0.717, 1.165) is 35.3 Å². The van der Waals surface area contributed by atoms with Crippen molar-refractivity contribution in [3.8, 4) is 0 Å². The Morgan fingerprint density at radius 2 is 1.90 bits per heavy atom. The summed E-state index contributed by atoms with van der Waals surface area (Å²) >= 11 is 1.66. The molecule has 0 saturated heterocycles. The molecule has 2 saturated carbocycles. The summed E-state index contributed by atoms with van der Waals surface area (Å²) < 4.78 is 0. The number of rotatable bonds is 4. The zero-order valence-electron chi connectivity index (χ0n) is 12.2. The van der Waals surface area contributed by atoms with Gasteiger partial charge in [-0.1, -0.05) is 31.4 Å². The number of fused-ring (bicyclic) bond motifs is 2. The average molecular weight is 294 g/mol. The number of allylic oxidation sites excluding steroid dienone is 2. The number of carboxylic acid groups (broad SMARTS) is 1. The molecule has 0 aromatic heterocycles. The fourth-order valence-corrected chi connectivity index (χ4v) is 6.07. The van der Waals surface area contributed by atoms with Crippen LogP contribution in [0.3, 0.4) is 0 Å². The van der Waals surface area contributed by atoms with Gasteiger partial charge in [-0.2, -0.15) is 0 Å². The van der Waals surface area contributed by atoms with E-state index in [-0.39, 0.29) is 5.75 Å². The normalized spacial score (nSPS) is 39.9. The monoisotopic (exact) mass is 294 g/mol.